The van der Waals surface area contributed by atoms with Gasteiger partial charge >= 0.3 is 23.5 Å². The summed E-state index contributed by atoms with van der Waals surface area (Å²) in [7, 11) is -12.0. The second kappa shape index (κ2) is 17.9. The van der Waals surface area contributed by atoms with Crippen LogP contribution in [0, 0.1) is 0 Å². The van der Waals surface area contributed by atoms with Crippen LogP contribution in [0.3, 0.4) is 0 Å². The molecule has 5 rings (SSSR count). The van der Waals surface area contributed by atoms with Gasteiger partial charge in [0.1, 0.15) is 24.2 Å². The van der Waals surface area contributed by atoms with Gasteiger partial charge in [-0.1, -0.05) is 6.58 Å². The zero-order chi connectivity index (χ0) is 41.0. The average molecular weight is 858 g/mol. The molecule has 0 saturated carbocycles. The zero-order valence-corrected chi connectivity index (χ0v) is 32.5. The Morgan fingerprint density at radius 2 is 1.61 bits per heavy atom. The molecule has 56 heavy (non-hydrogen) atoms. The van der Waals surface area contributed by atoms with E-state index in [1.165, 1.54) is 29.0 Å². The lowest BCUT2D eigenvalue weighted by atomic mass is 10.2. The van der Waals surface area contributed by atoms with E-state index in [1.807, 2.05) is 0 Å². The molecule has 3 aromatic rings. The number of nitrogens with one attached hydrogen (secondary N) is 3. The molecular formula is C26H42N11O16P3. The van der Waals surface area contributed by atoms with E-state index in [-0.39, 0.29) is 47.7 Å². The van der Waals surface area contributed by atoms with Crippen LogP contribution in [0.5, 0.6) is 0 Å². The van der Waals surface area contributed by atoms with Crippen molar-refractivity contribution in [1.29, 1.82) is 0 Å². The van der Waals surface area contributed by atoms with E-state index >= 15 is 0 Å². The standard InChI is InChI=1S/C26H42N11O16P3/c1-4-36(21-19(29-2)23(38)33-25(27)31-21)18-8-35(3)7-15(52-18)10-48-56(45,46)50-12-16(53-54(40,41)42)11-49-55(43,44)47-9-14-5-6-17(51-14)37-13-30-20-22(37)32-26(28)34-24(20)39/h4,13-18,29H,1,5-12H2,2-3H3,(H,43,44)(H,45,46)(H2,40,41,42)(H3,27,31,33,38)(H3,28,32,34,39)/t14?,15-,16?,17?,18?/m0/s1. The fourth-order valence-electron chi connectivity index (χ4n) is 5.73. The molecule has 2 fully saturated rings. The maximum Gasteiger partial charge on any atom is 0.472 e. The highest BCUT2D eigenvalue weighted by atomic mass is 31.2. The van der Waals surface area contributed by atoms with Crippen molar-refractivity contribution in [2.24, 2.45) is 0 Å². The van der Waals surface area contributed by atoms with E-state index in [9.17, 15) is 42.9 Å². The second-order valence-electron chi connectivity index (χ2n) is 12.3. The average Bonchev–Trinajstić information content (AvgIpc) is 3.75. The van der Waals surface area contributed by atoms with E-state index in [0.717, 1.165) is 0 Å². The van der Waals surface area contributed by atoms with Crippen molar-refractivity contribution in [1.82, 2.24) is 34.4 Å². The van der Waals surface area contributed by atoms with Gasteiger partial charge in [-0.15, -0.1) is 0 Å². The van der Waals surface area contributed by atoms with E-state index in [1.54, 1.807) is 11.9 Å². The highest BCUT2D eigenvalue weighted by Crippen LogP contribution is 2.48. The van der Waals surface area contributed by atoms with Crippen LogP contribution >= 0.6 is 23.5 Å². The summed E-state index contributed by atoms with van der Waals surface area (Å²) in [4.78, 5) is 84.1. The molecule has 2 saturated heterocycles. The van der Waals surface area contributed by atoms with Gasteiger partial charge in [-0.05, 0) is 19.9 Å². The number of hydrogen-bond donors (Lipinski definition) is 9. The Kier molecular flexibility index (Phi) is 13.9. The summed E-state index contributed by atoms with van der Waals surface area (Å²) in [6.45, 7) is 1.11. The fraction of sp³-hybridized carbons (Fsp3) is 0.577. The molecule has 11 N–H and O–H groups in total. The lowest BCUT2D eigenvalue weighted by molar-refractivity contribution is -0.0938. The van der Waals surface area contributed by atoms with Crippen molar-refractivity contribution in [3.05, 3.63) is 39.8 Å². The lowest BCUT2D eigenvalue weighted by Gasteiger charge is -2.40. The Hall–Kier alpha value is -3.62. The third-order valence-corrected chi connectivity index (χ3v) is 10.6. The molecule has 0 aliphatic carbocycles. The first-order chi connectivity index (χ1) is 26.3. The van der Waals surface area contributed by atoms with E-state index in [2.05, 4.69) is 41.3 Å². The summed E-state index contributed by atoms with van der Waals surface area (Å²) in [5.41, 5.74) is 10.5. The third-order valence-electron chi connectivity index (χ3n) is 8.08. The SMILES string of the molecule is C=CN(c1nc(N)[nH]c(=O)c1NC)C1CN(C)C[C@@H](COP(=O)(O)OCC(COP(=O)(O)OCC2CCC(n3cnc4c(=O)[nH]c(N)nc43)O2)OP(=O)(O)O)O1. The number of nitrogens with two attached hydrogens (primary N) is 2. The van der Waals surface area contributed by atoms with Crippen molar-refractivity contribution in [3.8, 4) is 0 Å². The van der Waals surface area contributed by atoms with Crippen LogP contribution in [0.15, 0.2) is 28.7 Å². The van der Waals surface area contributed by atoms with Gasteiger partial charge in [-0.3, -0.25) is 51.6 Å². The molecular weight excluding hydrogens is 815 g/mol. The number of anilines is 4. The predicted molar refractivity (Wildman–Crippen MR) is 194 cm³/mol. The molecule has 0 bridgehead atoms. The van der Waals surface area contributed by atoms with E-state index in [4.69, 9.17) is 39.0 Å². The Bertz CT molecular complexity index is 2130. The highest BCUT2D eigenvalue weighted by molar-refractivity contribution is 7.47. The minimum Gasteiger partial charge on any atom is -0.381 e. The quantitative estimate of drug-likeness (QED) is 0.0662. The molecule has 0 amide bonds. The van der Waals surface area contributed by atoms with Gasteiger partial charge in [0, 0.05) is 26.3 Å². The number of morpholine rings is 1. The molecule has 0 spiro atoms. The van der Waals surface area contributed by atoms with Crippen molar-refractivity contribution in [3.63, 3.8) is 0 Å². The molecule has 0 radical (unpaired) electrons. The molecule has 2 aliphatic rings. The van der Waals surface area contributed by atoms with E-state index < -0.39 is 91.8 Å². The first-order valence-corrected chi connectivity index (χ1v) is 21.0. The largest absolute Gasteiger partial charge is 0.472 e. The first kappa shape index (κ1) is 43.5. The number of phosphoric ester groups is 3. The molecule has 6 unspecified atom stereocenters. The molecule has 5 heterocycles. The summed E-state index contributed by atoms with van der Waals surface area (Å²) in [5, 5.41) is 2.74. The van der Waals surface area contributed by atoms with Crippen LogP contribution in [-0.2, 0) is 45.8 Å². The maximum atomic E-state index is 12.8. The fourth-order valence-corrected chi connectivity index (χ4v) is 7.81. The number of hydrogen-bond acceptors (Lipinski definition) is 20. The predicted octanol–water partition coefficient (Wildman–Crippen LogP) is -0.861. The normalized spacial score (nSPS) is 23.4. The number of nitrogens with zero attached hydrogens (tertiary/aromatic N) is 6. The minimum atomic E-state index is -5.30. The molecule has 2 aliphatic heterocycles. The van der Waals surface area contributed by atoms with Crippen molar-refractivity contribution < 1.29 is 65.4 Å². The van der Waals surface area contributed by atoms with Crippen molar-refractivity contribution in [2.75, 3.05) is 75.3 Å². The van der Waals surface area contributed by atoms with Gasteiger partial charge in [-0.2, -0.15) is 9.97 Å². The highest BCUT2D eigenvalue weighted by Gasteiger charge is 2.36. The van der Waals surface area contributed by atoms with Gasteiger partial charge in [0.05, 0.1) is 45.0 Å². The Balaban J connectivity index is 1.12. The number of likely N-dealkylation sites (N-methyl/N-ethyl adjacent to an activating group) is 1. The van der Waals surface area contributed by atoms with Gasteiger partial charge in [0.15, 0.2) is 17.0 Å². The number of rotatable bonds is 19. The molecule has 3 aromatic heterocycles. The number of phosphoric acid groups is 3. The van der Waals surface area contributed by atoms with Gasteiger partial charge < -0.3 is 50.7 Å². The summed E-state index contributed by atoms with van der Waals surface area (Å²) >= 11 is 0. The number of nitrogen functional groups attached to an aromatic ring is 2. The summed E-state index contributed by atoms with van der Waals surface area (Å²) < 4.78 is 74.8. The van der Waals surface area contributed by atoms with Gasteiger partial charge in [-0.25, -0.2) is 18.7 Å². The number of fused-ring (bicyclic) bond motifs is 1. The van der Waals surface area contributed by atoms with Crippen LogP contribution in [0.1, 0.15) is 19.1 Å². The van der Waals surface area contributed by atoms with Crippen LogP contribution in [0.2, 0.25) is 0 Å². The molecule has 0 aromatic carbocycles. The van der Waals surface area contributed by atoms with Crippen molar-refractivity contribution >= 4 is 58.0 Å². The second-order valence-corrected chi connectivity index (χ2v) is 16.4. The number of aromatic amines is 2. The summed E-state index contributed by atoms with van der Waals surface area (Å²) in [6, 6.07) is 0. The minimum absolute atomic E-state index is 0.0311. The Labute approximate surface area is 316 Å². The Morgan fingerprint density at radius 1 is 0.982 bits per heavy atom. The summed E-state index contributed by atoms with van der Waals surface area (Å²) in [6.07, 6.45) is -1.61. The van der Waals surface area contributed by atoms with Crippen LogP contribution in [0.4, 0.5) is 23.4 Å². The van der Waals surface area contributed by atoms with Crippen LogP contribution in [-0.4, -0.2) is 132 Å². The number of ether oxygens (including phenoxy) is 2. The maximum absolute atomic E-state index is 12.8. The number of imidazole rings is 1. The van der Waals surface area contributed by atoms with E-state index in [0.29, 0.717) is 12.8 Å². The van der Waals surface area contributed by atoms with Gasteiger partial charge in [0.25, 0.3) is 11.1 Å². The first-order valence-electron chi connectivity index (χ1n) is 16.4. The smallest absolute Gasteiger partial charge is 0.381 e. The topological polar surface area (TPSA) is 377 Å². The molecule has 7 atom stereocenters. The zero-order valence-electron chi connectivity index (χ0n) is 29.8. The molecule has 312 valence electrons. The van der Waals surface area contributed by atoms with Crippen LogP contribution in [0.25, 0.3) is 11.2 Å². The monoisotopic (exact) mass is 857 g/mol. The number of H-pyrrole nitrogens is 2. The van der Waals surface area contributed by atoms with Crippen LogP contribution < -0.4 is 32.8 Å². The Morgan fingerprint density at radius 3 is 2.23 bits per heavy atom. The molecule has 30 heteroatoms. The third kappa shape index (κ3) is 11.5. The summed E-state index contributed by atoms with van der Waals surface area (Å²) in [5.74, 6) is -0.204. The van der Waals surface area contributed by atoms with Gasteiger partial charge in [0.2, 0.25) is 11.9 Å². The molecule has 27 nitrogen and oxygen atoms in total. The number of aromatic nitrogens is 6. The van der Waals surface area contributed by atoms with Crippen molar-refractivity contribution in [2.45, 2.75) is 43.6 Å². The lowest BCUT2D eigenvalue weighted by Crippen LogP contribution is -2.53.